The lowest BCUT2D eigenvalue weighted by molar-refractivity contribution is -0.144. The smallest absolute Gasteiger partial charge is 0.308 e. The number of carbonyl (C=O) groups is 1. The number of ether oxygens (including phenoxy) is 1. The Morgan fingerprint density at radius 1 is 1.21 bits per heavy atom. The van der Waals surface area contributed by atoms with Gasteiger partial charge >= 0.3 is 5.97 Å². The molecule has 1 aromatic rings. The lowest BCUT2D eigenvalue weighted by atomic mass is 9.98. The molecule has 2 unspecified atom stereocenters. The summed E-state index contributed by atoms with van der Waals surface area (Å²) in [4.78, 5) is 10.5. The van der Waals surface area contributed by atoms with Crippen LogP contribution in [0.1, 0.15) is 52.0 Å². The van der Waals surface area contributed by atoms with Crippen molar-refractivity contribution in [1.29, 1.82) is 0 Å². The highest BCUT2D eigenvalue weighted by Crippen LogP contribution is 2.26. The first-order valence-electron chi connectivity index (χ1n) is 6.83. The van der Waals surface area contributed by atoms with Gasteiger partial charge in [0.1, 0.15) is 5.75 Å². The van der Waals surface area contributed by atoms with Crippen LogP contribution in [0, 0.1) is 5.92 Å². The summed E-state index contributed by atoms with van der Waals surface area (Å²) in [6, 6.07) is 7.52. The Balaban J connectivity index is 0.000000362. The Labute approximate surface area is 116 Å². The highest BCUT2D eigenvalue weighted by atomic mass is 16.5. The number of phenolic OH excluding ortho intramolecular Hbond substituents is 1. The summed E-state index contributed by atoms with van der Waals surface area (Å²) in [7, 11) is 1.41. The molecule has 0 aliphatic heterocycles. The SMILES string of the molecule is CCC(C)C(=O)OC.CCC(C)c1ccccc1O. The average molecular weight is 266 g/mol. The maximum atomic E-state index is 10.5. The maximum Gasteiger partial charge on any atom is 0.308 e. The molecular weight excluding hydrogens is 240 g/mol. The van der Waals surface area contributed by atoms with Gasteiger partial charge in [0, 0.05) is 0 Å². The van der Waals surface area contributed by atoms with Crippen molar-refractivity contribution in [3.05, 3.63) is 29.8 Å². The van der Waals surface area contributed by atoms with Gasteiger partial charge in [-0.05, 0) is 30.4 Å². The molecule has 0 heterocycles. The van der Waals surface area contributed by atoms with Crippen LogP contribution in [-0.2, 0) is 9.53 Å². The van der Waals surface area contributed by atoms with Crippen molar-refractivity contribution in [1.82, 2.24) is 0 Å². The quantitative estimate of drug-likeness (QED) is 0.834. The second-order valence-corrected chi connectivity index (χ2v) is 4.70. The molecule has 2 atom stereocenters. The van der Waals surface area contributed by atoms with Gasteiger partial charge in [-0.15, -0.1) is 0 Å². The van der Waals surface area contributed by atoms with Gasteiger partial charge in [-0.1, -0.05) is 45.9 Å². The van der Waals surface area contributed by atoms with Gasteiger partial charge in [0.05, 0.1) is 13.0 Å². The fraction of sp³-hybridized carbons (Fsp3) is 0.562. The number of para-hydroxylation sites is 1. The summed E-state index contributed by atoms with van der Waals surface area (Å²) < 4.78 is 4.46. The van der Waals surface area contributed by atoms with E-state index in [1.165, 1.54) is 7.11 Å². The Hall–Kier alpha value is -1.51. The van der Waals surface area contributed by atoms with Gasteiger partial charge in [0.15, 0.2) is 0 Å². The predicted octanol–water partition coefficient (Wildman–Crippen LogP) is 4.11. The molecule has 19 heavy (non-hydrogen) atoms. The van der Waals surface area contributed by atoms with Crippen LogP contribution >= 0.6 is 0 Å². The molecule has 0 radical (unpaired) electrons. The molecular formula is C16H26O3. The van der Waals surface area contributed by atoms with Crippen LogP contribution in [0.3, 0.4) is 0 Å². The topological polar surface area (TPSA) is 46.5 Å². The molecule has 0 aliphatic carbocycles. The summed E-state index contributed by atoms with van der Waals surface area (Å²) in [5, 5.41) is 9.41. The third-order valence-electron chi connectivity index (χ3n) is 3.30. The molecule has 3 heteroatoms. The van der Waals surface area contributed by atoms with Crippen LogP contribution in [0.15, 0.2) is 24.3 Å². The number of aromatic hydroxyl groups is 1. The minimum atomic E-state index is -0.118. The summed E-state index contributed by atoms with van der Waals surface area (Å²) in [5.74, 6) is 0.811. The number of hydrogen-bond acceptors (Lipinski definition) is 3. The van der Waals surface area contributed by atoms with Crippen molar-refractivity contribution in [2.45, 2.75) is 46.5 Å². The first-order chi connectivity index (χ1) is 8.97. The molecule has 1 rings (SSSR count). The van der Waals surface area contributed by atoms with E-state index < -0.39 is 0 Å². The van der Waals surface area contributed by atoms with Crippen molar-refractivity contribution in [2.75, 3.05) is 7.11 Å². The lowest BCUT2D eigenvalue weighted by Gasteiger charge is -2.09. The highest BCUT2D eigenvalue weighted by molar-refractivity contribution is 5.71. The van der Waals surface area contributed by atoms with E-state index in [0.29, 0.717) is 11.7 Å². The zero-order chi connectivity index (χ0) is 14.8. The van der Waals surface area contributed by atoms with E-state index in [4.69, 9.17) is 0 Å². The second-order valence-electron chi connectivity index (χ2n) is 4.70. The molecule has 0 spiro atoms. The zero-order valence-corrected chi connectivity index (χ0v) is 12.6. The molecule has 1 aromatic carbocycles. The third kappa shape index (κ3) is 6.27. The summed E-state index contributed by atoms with van der Waals surface area (Å²) in [6.07, 6.45) is 1.92. The van der Waals surface area contributed by atoms with Gasteiger partial charge in [-0.2, -0.15) is 0 Å². The van der Waals surface area contributed by atoms with E-state index in [1.807, 2.05) is 32.0 Å². The van der Waals surface area contributed by atoms with Crippen LogP contribution < -0.4 is 0 Å². The van der Waals surface area contributed by atoms with Crippen molar-refractivity contribution in [3.8, 4) is 5.75 Å². The molecule has 3 nitrogen and oxygen atoms in total. The Bertz CT molecular complexity index is 374. The summed E-state index contributed by atoms with van der Waals surface area (Å²) >= 11 is 0. The van der Waals surface area contributed by atoms with Crippen molar-refractivity contribution in [2.24, 2.45) is 5.92 Å². The van der Waals surface area contributed by atoms with Gasteiger partial charge < -0.3 is 9.84 Å². The molecule has 1 N–H and O–H groups in total. The third-order valence-corrected chi connectivity index (χ3v) is 3.30. The number of phenols is 1. The van der Waals surface area contributed by atoms with E-state index in [0.717, 1.165) is 18.4 Å². The molecule has 0 saturated heterocycles. The van der Waals surface area contributed by atoms with Crippen molar-refractivity contribution in [3.63, 3.8) is 0 Å². The number of rotatable bonds is 4. The molecule has 0 aromatic heterocycles. The average Bonchev–Trinajstić information content (AvgIpc) is 2.45. The molecule has 0 amide bonds. The zero-order valence-electron chi connectivity index (χ0n) is 12.6. The van der Waals surface area contributed by atoms with E-state index >= 15 is 0 Å². The molecule has 0 bridgehead atoms. The van der Waals surface area contributed by atoms with Crippen LogP contribution in [0.4, 0.5) is 0 Å². The van der Waals surface area contributed by atoms with Crippen LogP contribution in [-0.4, -0.2) is 18.2 Å². The van der Waals surface area contributed by atoms with Gasteiger partial charge in [-0.25, -0.2) is 0 Å². The first kappa shape index (κ1) is 17.5. The Morgan fingerprint density at radius 2 is 1.79 bits per heavy atom. The van der Waals surface area contributed by atoms with Crippen LogP contribution in [0.2, 0.25) is 0 Å². The monoisotopic (exact) mass is 266 g/mol. The molecule has 0 aliphatic rings. The van der Waals surface area contributed by atoms with E-state index in [1.54, 1.807) is 6.07 Å². The number of methoxy groups -OCH3 is 1. The van der Waals surface area contributed by atoms with Gasteiger partial charge in [0.2, 0.25) is 0 Å². The van der Waals surface area contributed by atoms with Crippen molar-refractivity contribution < 1.29 is 14.6 Å². The normalized spacial score (nSPS) is 12.9. The summed E-state index contributed by atoms with van der Waals surface area (Å²) in [6.45, 7) is 8.06. The van der Waals surface area contributed by atoms with Crippen molar-refractivity contribution >= 4 is 5.97 Å². The minimum Gasteiger partial charge on any atom is -0.508 e. The first-order valence-corrected chi connectivity index (χ1v) is 6.83. The molecule has 0 saturated carbocycles. The predicted molar refractivity (Wildman–Crippen MR) is 78.3 cm³/mol. The van der Waals surface area contributed by atoms with Crippen LogP contribution in [0.25, 0.3) is 0 Å². The summed E-state index contributed by atoms with van der Waals surface area (Å²) in [5.41, 5.74) is 1.05. The largest absolute Gasteiger partial charge is 0.508 e. The Kier molecular flexibility index (Phi) is 8.68. The number of hydrogen-bond donors (Lipinski definition) is 1. The van der Waals surface area contributed by atoms with Crippen LogP contribution in [0.5, 0.6) is 5.75 Å². The molecule has 0 fully saturated rings. The number of benzene rings is 1. The molecule has 108 valence electrons. The highest BCUT2D eigenvalue weighted by Gasteiger charge is 2.08. The minimum absolute atomic E-state index is 0.0556. The fourth-order valence-electron chi connectivity index (χ4n) is 1.49. The van der Waals surface area contributed by atoms with E-state index in [2.05, 4.69) is 18.6 Å². The fourth-order valence-corrected chi connectivity index (χ4v) is 1.49. The maximum absolute atomic E-state index is 10.5. The van der Waals surface area contributed by atoms with E-state index in [9.17, 15) is 9.90 Å². The number of carbonyl (C=O) groups excluding carboxylic acids is 1. The Morgan fingerprint density at radius 3 is 2.16 bits per heavy atom. The van der Waals surface area contributed by atoms with Gasteiger partial charge in [0.25, 0.3) is 0 Å². The second kappa shape index (κ2) is 9.42. The standard InChI is InChI=1S/C10H14O.C6H12O2/c1-3-8(2)9-6-4-5-7-10(9)11;1-4-5(2)6(7)8-3/h4-8,11H,3H2,1-2H3;5H,4H2,1-3H3. The lowest BCUT2D eigenvalue weighted by Crippen LogP contribution is -2.10. The van der Waals surface area contributed by atoms with Gasteiger partial charge in [-0.3, -0.25) is 4.79 Å². The number of esters is 1. The van der Waals surface area contributed by atoms with E-state index in [-0.39, 0.29) is 11.9 Å².